The number of amides is 1. The van der Waals surface area contributed by atoms with Crippen LogP contribution in [0.3, 0.4) is 0 Å². The Morgan fingerprint density at radius 3 is 2.65 bits per heavy atom. The predicted molar refractivity (Wildman–Crippen MR) is 94.9 cm³/mol. The molecule has 4 heteroatoms. The zero-order valence-corrected chi connectivity index (χ0v) is 14.4. The van der Waals surface area contributed by atoms with Crippen molar-refractivity contribution in [2.24, 2.45) is 11.7 Å². The molecule has 2 fully saturated rings. The normalized spacial score (nSPS) is 23.2. The van der Waals surface area contributed by atoms with Crippen molar-refractivity contribution in [1.82, 2.24) is 4.90 Å². The number of likely N-dealkylation sites (tertiary alicyclic amines) is 1. The van der Waals surface area contributed by atoms with E-state index in [1.54, 1.807) is 0 Å². The van der Waals surface area contributed by atoms with Crippen LogP contribution in [0.4, 0.5) is 5.69 Å². The molecule has 2 N–H and O–H groups in total. The van der Waals surface area contributed by atoms with Gasteiger partial charge >= 0.3 is 0 Å². The molecule has 1 aromatic carbocycles. The molecule has 0 spiro atoms. The summed E-state index contributed by atoms with van der Waals surface area (Å²) in [5.41, 5.74) is 9.21. The average Bonchev–Trinajstić information content (AvgIpc) is 3.08. The van der Waals surface area contributed by atoms with Gasteiger partial charge in [-0.25, -0.2) is 0 Å². The van der Waals surface area contributed by atoms with Gasteiger partial charge in [0.05, 0.1) is 5.56 Å². The number of nitrogens with zero attached hydrogens (tertiary/aromatic N) is 2. The van der Waals surface area contributed by atoms with Crippen molar-refractivity contribution in [2.45, 2.75) is 45.6 Å². The quantitative estimate of drug-likeness (QED) is 0.933. The van der Waals surface area contributed by atoms with E-state index in [1.165, 1.54) is 12.8 Å². The summed E-state index contributed by atoms with van der Waals surface area (Å²) >= 11 is 0. The second-order valence-corrected chi connectivity index (χ2v) is 7.23. The van der Waals surface area contributed by atoms with E-state index in [0.717, 1.165) is 55.8 Å². The van der Waals surface area contributed by atoms with Crippen LogP contribution >= 0.6 is 0 Å². The van der Waals surface area contributed by atoms with Crippen LogP contribution in [-0.4, -0.2) is 43.0 Å². The fourth-order valence-electron chi connectivity index (χ4n) is 3.85. The monoisotopic (exact) mass is 315 g/mol. The number of carbonyl (C=O) groups is 1. The summed E-state index contributed by atoms with van der Waals surface area (Å²) in [6.07, 6.45) is 4.63. The van der Waals surface area contributed by atoms with Crippen LogP contribution in [0.25, 0.3) is 0 Å². The maximum absolute atomic E-state index is 13.2. The van der Waals surface area contributed by atoms with Gasteiger partial charge in [0.1, 0.15) is 0 Å². The first-order valence-electron chi connectivity index (χ1n) is 8.96. The number of aryl methyl sites for hydroxylation is 1. The smallest absolute Gasteiger partial charge is 0.255 e. The molecule has 23 heavy (non-hydrogen) atoms. The van der Waals surface area contributed by atoms with Crippen molar-refractivity contribution in [3.05, 3.63) is 29.3 Å². The van der Waals surface area contributed by atoms with Crippen LogP contribution in [0.1, 0.15) is 48.5 Å². The maximum atomic E-state index is 13.2. The third-order valence-corrected chi connectivity index (χ3v) is 5.32. The van der Waals surface area contributed by atoms with Crippen molar-refractivity contribution in [1.29, 1.82) is 0 Å². The van der Waals surface area contributed by atoms with Crippen LogP contribution in [0, 0.1) is 12.8 Å². The van der Waals surface area contributed by atoms with E-state index in [2.05, 4.69) is 36.9 Å². The van der Waals surface area contributed by atoms with Gasteiger partial charge in [-0.3, -0.25) is 4.79 Å². The molecule has 0 saturated carbocycles. The van der Waals surface area contributed by atoms with E-state index in [1.807, 2.05) is 4.90 Å². The number of carbonyl (C=O) groups excluding carboxylic acids is 1. The zero-order chi connectivity index (χ0) is 16.4. The van der Waals surface area contributed by atoms with Crippen LogP contribution < -0.4 is 10.6 Å². The highest BCUT2D eigenvalue weighted by atomic mass is 16.2. The number of hydrogen-bond acceptors (Lipinski definition) is 3. The Labute approximate surface area is 139 Å². The molecule has 4 nitrogen and oxygen atoms in total. The minimum absolute atomic E-state index is 0.154. The summed E-state index contributed by atoms with van der Waals surface area (Å²) < 4.78 is 0. The molecule has 2 aliphatic rings. The summed E-state index contributed by atoms with van der Waals surface area (Å²) in [6.45, 7) is 7.89. The fourth-order valence-corrected chi connectivity index (χ4v) is 3.85. The summed E-state index contributed by atoms with van der Waals surface area (Å²) in [6, 6.07) is 6.46. The van der Waals surface area contributed by atoms with E-state index in [9.17, 15) is 4.79 Å². The minimum Gasteiger partial charge on any atom is -0.371 e. The standard InChI is InChI=1S/C19H29N3O/c1-14-7-8-18(21-9-3-4-10-21)17(12-14)19(23)22-11-5-6-16(13-22)15(2)20/h7-8,12,15-16H,3-6,9-11,13,20H2,1-2H3. The number of anilines is 1. The summed E-state index contributed by atoms with van der Waals surface area (Å²) in [4.78, 5) is 17.5. The summed E-state index contributed by atoms with van der Waals surface area (Å²) in [7, 11) is 0. The highest BCUT2D eigenvalue weighted by Crippen LogP contribution is 2.28. The van der Waals surface area contributed by atoms with Crippen LogP contribution in [0.2, 0.25) is 0 Å². The Hall–Kier alpha value is -1.55. The summed E-state index contributed by atoms with van der Waals surface area (Å²) in [5.74, 6) is 0.605. The molecule has 0 radical (unpaired) electrons. The molecule has 2 atom stereocenters. The number of hydrogen-bond donors (Lipinski definition) is 1. The molecule has 2 saturated heterocycles. The molecule has 2 heterocycles. The van der Waals surface area contributed by atoms with Gasteiger partial charge in [-0.15, -0.1) is 0 Å². The van der Waals surface area contributed by atoms with Gasteiger partial charge in [0.25, 0.3) is 5.91 Å². The Morgan fingerprint density at radius 1 is 1.22 bits per heavy atom. The molecule has 2 unspecified atom stereocenters. The topological polar surface area (TPSA) is 49.6 Å². The zero-order valence-electron chi connectivity index (χ0n) is 14.4. The molecular weight excluding hydrogens is 286 g/mol. The number of rotatable bonds is 3. The van der Waals surface area contributed by atoms with Gasteiger partial charge in [-0.2, -0.15) is 0 Å². The first kappa shape index (κ1) is 16.3. The lowest BCUT2D eigenvalue weighted by molar-refractivity contribution is 0.0661. The first-order valence-corrected chi connectivity index (χ1v) is 8.96. The Morgan fingerprint density at radius 2 is 1.96 bits per heavy atom. The van der Waals surface area contributed by atoms with E-state index in [4.69, 9.17) is 5.73 Å². The van der Waals surface area contributed by atoms with Crippen molar-refractivity contribution >= 4 is 11.6 Å². The highest BCUT2D eigenvalue weighted by Gasteiger charge is 2.29. The molecule has 126 valence electrons. The SMILES string of the molecule is Cc1ccc(N2CCCC2)c(C(=O)N2CCCC(C(C)N)C2)c1. The van der Waals surface area contributed by atoms with Crippen LogP contribution in [0.5, 0.6) is 0 Å². The molecule has 0 aliphatic carbocycles. The van der Waals surface area contributed by atoms with Gasteiger partial charge in [0.15, 0.2) is 0 Å². The van der Waals surface area contributed by atoms with Crippen molar-refractivity contribution in [2.75, 3.05) is 31.1 Å². The van der Waals surface area contributed by atoms with Gasteiger partial charge in [0.2, 0.25) is 0 Å². The Balaban J connectivity index is 1.84. The summed E-state index contributed by atoms with van der Waals surface area (Å²) in [5, 5.41) is 0. The molecular formula is C19H29N3O. The molecule has 0 bridgehead atoms. The van der Waals surface area contributed by atoms with Crippen LogP contribution in [-0.2, 0) is 0 Å². The lowest BCUT2D eigenvalue weighted by Gasteiger charge is -2.35. The fraction of sp³-hybridized carbons (Fsp3) is 0.632. The first-order chi connectivity index (χ1) is 11.1. The lowest BCUT2D eigenvalue weighted by Crippen LogP contribution is -2.45. The molecule has 1 amide bonds. The number of nitrogens with two attached hydrogens (primary N) is 1. The third-order valence-electron chi connectivity index (χ3n) is 5.32. The average molecular weight is 315 g/mol. The largest absolute Gasteiger partial charge is 0.371 e. The molecule has 1 aromatic rings. The third kappa shape index (κ3) is 3.52. The van der Waals surface area contributed by atoms with E-state index in [-0.39, 0.29) is 11.9 Å². The van der Waals surface area contributed by atoms with Gasteiger partial charge in [0, 0.05) is 37.9 Å². The van der Waals surface area contributed by atoms with E-state index in [0.29, 0.717) is 5.92 Å². The second-order valence-electron chi connectivity index (χ2n) is 7.23. The maximum Gasteiger partial charge on any atom is 0.255 e. The van der Waals surface area contributed by atoms with E-state index >= 15 is 0 Å². The van der Waals surface area contributed by atoms with Gasteiger partial charge in [-0.1, -0.05) is 11.6 Å². The molecule has 3 rings (SSSR count). The minimum atomic E-state index is 0.154. The van der Waals surface area contributed by atoms with Crippen molar-refractivity contribution in [3.8, 4) is 0 Å². The number of piperidine rings is 1. The molecule has 2 aliphatic heterocycles. The van der Waals surface area contributed by atoms with Gasteiger partial charge in [-0.05, 0) is 57.6 Å². The molecule has 0 aromatic heterocycles. The Bertz CT molecular complexity index is 564. The van der Waals surface area contributed by atoms with E-state index < -0.39 is 0 Å². The Kier molecular flexibility index (Phi) is 4.90. The van der Waals surface area contributed by atoms with Crippen molar-refractivity contribution < 1.29 is 4.79 Å². The predicted octanol–water partition coefficient (Wildman–Crippen LogP) is 2.79. The highest BCUT2D eigenvalue weighted by molar-refractivity contribution is 6.00. The number of benzene rings is 1. The van der Waals surface area contributed by atoms with Gasteiger partial charge < -0.3 is 15.5 Å². The van der Waals surface area contributed by atoms with Crippen molar-refractivity contribution in [3.63, 3.8) is 0 Å². The lowest BCUT2D eigenvalue weighted by atomic mass is 9.91. The second kappa shape index (κ2) is 6.91. The van der Waals surface area contributed by atoms with Crippen LogP contribution in [0.15, 0.2) is 18.2 Å².